The first-order valence-corrected chi connectivity index (χ1v) is 7.52. The van der Waals surface area contributed by atoms with Crippen molar-refractivity contribution in [3.63, 3.8) is 0 Å². The van der Waals surface area contributed by atoms with Gasteiger partial charge in [0.25, 0.3) is 5.91 Å². The van der Waals surface area contributed by atoms with Crippen LogP contribution >= 0.6 is 0 Å². The average molecular weight is 288 g/mol. The number of piperazine rings is 1. The van der Waals surface area contributed by atoms with E-state index in [0.29, 0.717) is 39.2 Å². The second kappa shape index (κ2) is 5.76. The van der Waals surface area contributed by atoms with Crippen molar-refractivity contribution in [2.24, 2.45) is 0 Å². The van der Waals surface area contributed by atoms with Gasteiger partial charge in [0.1, 0.15) is 5.75 Å². The fraction of sp³-hybridized carbons (Fsp3) is 0.500. The Hall–Kier alpha value is -2.04. The number of hydrogen-bond acceptors (Lipinski definition) is 3. The molecule has 0 saturated carbocycles. The van der Waals surface area contributed by atoms with Crippen molar-refractivity contribution < 1.29 is 14.3 Å². The van der Waals surface area contributed by atoms with Crippen LogP contribution in [0.4, 0.5) is 0 Å². The van der Waals surface area contributed by atoms with Crippen LogP contribution in [0.1, 0.15) is 29.3 Å². The molecule has 3 rings (SSSR count). The van der Waals surface area contributed by atoms with Crippen molar-refractivity contribution in [3.05, 3.63) is 29.3 Å². The van der Waals surface area contributed by atoms with Gasteiger partial charge < -0.3 is 14.5 Å². The zero-order valence-electron chi connectivity index (χ0n) is 12.3. The van der Waals surface area contributed by atoms with Crippen LogP contribution in [0.5, 0.6) is 5.75 Å². The van der Waals surface area contributed by atoms with Gasteiger partial charge in [-0.25, -0.2) is 0 Å². The molecule has 1 saturated heterocycles. The molecule has 0 aromatic heterocycles. The number of amides is 2. The number of nitrogens with zero attached hydrogens (tertiary/aromatic N) is 2. The molecule has 0 radical (unpaired) electrons. The first kappa shape index (κ1) is 13.9. The molecule has 5 heteroatoms. The highest BCUT2D eigenvalue weighted by molar-refractivity contribution is 5.95. The highest BCUT2D eigenvalue weighted by Gasteiger charge is 2.25. The fourth-order valence-corrected chi connectivity index (χ4v) is 2.88. The van der Waals surface area contributed by atoms with Crippen LogP contribution in [0.25, 0.3) is 0 Å². The lowest BCUT2D eigenvalue weighted by Crippen LogP contribution is -2.50. The molecule has 1 aromatic carbocycles. The topological polar surface area (TPSA) is 49.9 Å². The molecule has 0 bridgehead atoms. The quantitative estimate of drug-likeness (QED) is 0.824. The third-order valence-electron chi connectivity index (χ3n) is 4.16. The summed E-state index contributed by atoms with van der Waals surface area (Å²) in [7, 11) is 0. The normalized spacial score (nSPS) is 17.4. The lowest BCUT2D eigenvalue weighted by Gasteiger charge is -2.34. The van der Waals surface area contributed by atoms with Gasteiger partial charge in [0, 0.05) is 44.6 Å². The van der Waals surface area contributed by atoms with Gasteiger partial charge in [-0.2, -0.15) is 0 Å². The van der Waals surface area contributed by atoms with Crippen molar-refractivity contribution in [2.75, 3.05) is 32.8 Å². The highest BCUT2D eigenvalue weighted by Crippen LogP contribution is 2.26. The first-order valence-electron chi connectivity index (χ1n) is 7.52. The summed E-state index contributed by atoms with van der Waals surface area (Å²) in [5.74, 6) is 1.11. The maximum atomic E-state index is 12.5. The largest absolute Gasteiger partial charge is 0.493 e. The molecule has 2 heterocycles. The molecule has 2 aliphatic rings. The van der Waals surface area contributed by atoms with Crippen LogP contribution < -0.4 is 4.74 Å². The molecule has 2 amide bonds. The van der Waals surface area contributed by atoms with Gasteiger partial charge in [-0.05, 0) is 23.8 Å². The number of rotatable bonds is 2. The van der Waals surface area contributed by atoms with E-state index in [-0.39, 0.29) is 11.8 Å². The Balaban J connectivity index is 1.65. The lowest BCUT2D eigenvalue weighted by atomic mass is 10.1. The van der Waals surface area contributed by atoms with E-state index >= 15 is 0 Å². The van der Waals surface area contributed by atoms with E-state index < -0.39 is 0 Å². The molecule has 1 fully saturated rings. The van der Waals surface area contributed by atoms with E-state index in [1.807, 2.05) is 34.9 Å². The molecule has 1 aromatic rings. The van der Waals surface area contributed by atoms with E-state index in [0.717, 1.165) is 23.3 Å². The van der Waals surface area contributed by atoms with Gasteiger partial charge in [0.15, 0.2) is 0 Å². The third kappa shape index (κ3) is 2.73. The van der Waals surface area contributed by atoms with Gasteiger partial charge in [-0.15, -0.1) is 0 Å². The number of benzene rings is 1. The summed E-state index contributed by atoms with van der Waals surface area (Å²) in [5.41, 5.74) is 1.83. The van der Waals surface area contributed by atoms with Crippen LogP contribution in [0.2, 0.25) is 0 Å². The van der Waals surface area contributed by atoms with Crippen molar-refractivity contribution in [1.82, 2.24) is 9.80 Å². The number of carbonyl (C=O) groups excluding carboxylic acids is 2. The predicted octanol–water partition coefficient (Wildman–Crippen LogP) is 1.32. The van der Waals surface area contributed by atoms with Crippen molar-refractivity contribution in [3.8, 4) is 5.75 Å². The zero-order valence-corrected chi connectivity index (χ0v) is 12.3. The Morgan fingerprint density at radius 2 is 1.86 bits per heavy atom. The highest BCUT2D eigenvalue weighted by atomic mass is 16.5. The van der Waals surface area contributed by atoms with Crippen molar-refractivity contribution in [2.45, 2.75) is 19.8 Å². The summed E-state index contributed by atoms with van der Waals surface area (Å²) in [6.45, 7) is 5.05. The van der Waals surface area contributed by atoms with Gasteiger partial charge in [-0.3, -0.25) is 9.59 Å². The standard InChI is InChI=1S/C16H20N2O3/c1-2-15(19)17-6-8-18(9-7-17)16(20)13-3-4-14-12(11-13)5-10-21-14/h3-4,11H,2,5-10H2,1H3. The van der Waals surface area contributed by atoms with E-state index in [9.17, 15) is 9.59 Å². The minimum Gasteiger partial charge on any atom is -0.493 e. The molecular formula is C16H20N2O3. The molecule has 21 heavy (non-hydrogen) atoms. The minimum atomic E-state index is 0.0493. The monoisotopic (exact) mass is 288 g/mol. The maximum absolute atomic E-state index is 12.5. The molecule has 0 N–H and O–H groups in total. The zero-order chi connectivity index (χ0) is 14.8. The van der Waals surface area contributed by atoms with Gasteiger partial charge in [-0.1, -0.05) is 6.92 Å². The van der Waals surface area contributed by atoms with Crippen molar-refractivity contribution >= 4 is 11.8 Å². The Morgan fingerprint density at radius 1 is 1.14 bits per heavy atom. The third-order valence-corrected chi connectivity index (χ3v) is 4.16. The van der Waals surface area contributed by atoms with Gasteiger partial charge in [0.05, 0.1) is 6.61 Å². The first-order chi connectivity index (χ1) is 10.2. The SMILES string of the molecule is CCC(=O)N1CCN(C(=O)c2ccc3c(c2)CCO3)CC1. The number of fused-ring (bicyclic) bond motifs is 1. The molecule has 0 aliphatic carbocycles. The Labute approximate surface area is 124 Å². The maximum Gasteiger partial charge on any atom is 0.253 e. The molecule has 5 nitrogen and oxygen atoms in total. The second-order valence-electron chi connectivity index (χ2n) is 5.45. The molecular weight excluding hydrogens is 268 g/mol. The summed E-state index contributed by atoms with van der Waals surface area (Å²) < 4.78 is 5.46. The number of ether oxygens (including phenoxy) is 1. The Bertz CT molecular complexity index is 563. The summed E-state index contributed by atoms with van der Waals surface area (Å²) in [5, 5.41) is 0. The van der Waals surface area contributed by atoms with Crippen molar-refractivity contribution in [1.29, 1.82) is 0 Å². The van der Waals surface area contributed by atoms with Gasteiger partial charge in [0.2, 0.25) is 5.91 Å². The number of hydrogen-bond donors (Lipinski definition) is 0. The minimum absolute atomic E-state index is 0.0493. The van der Waals surface area contributed by atoms with E-state index in [1.165, 1.54) is 0 Å². The molecule has 112 valence electrons. The van der Waals surface area contributed by atoms with Gasteiger partial charge >= 0.3 is 0 Å². The van der Waals surface area contributed by atoms with Crippen LogP contribution in [-0.2, 0) is 11.2 Å². The van der Waals surface area contributed by atoms with Crippen LogP contribution in [0.3, 0.4) is 0 Å². The molecule has 2 aliphatic heterocycles. The van der Waals surface area contributed by atoms with E-state index in [2.05, 4.69) is 0 Å². The smallest absolute Gasteiger partial charge is 0.253 e. The molecule has 0 unspecified atom stereocenters. The van der Waals surface area contributed by atoms with Crippen LogP contribution in [0, 0.1) is 0 Å². The Kier molecular flexibility index (Phi) is 3.82. The van der Waals surface area contributed by atoms with E-state index in [4.69, 9.17) is 4.74 Å². The summed E-state index contributed by atoms with van der Waals surface area (Å²) >= 11 is 0. The fourth-order valence-electron chi connectivity index (χ4n) is 2.88. The van der Waals surface area contributed by atoms with Crippen LogP contribution in [0.15, 0.2) is 18.2 Å². The summed E-state index contributed by atoms with van der Waals surface area (Å²) in [6, 6.07) is 5.65. The molecule has 0 atom stereocenters. The van der Waals surface area contributed by atoms with Crippen LogP contribution in [-0.4, -0.2) is 54.4 Å². The second-order valence-corrected chi connectivity index (χ2v) is 5.45. The van der Waals surface area contributed by atoms with E-state index in [1.54, 1.807) is 0 Å². The number of carbonyl (C=O) groups is 2. The molecule has 0 spiro atoms. The lowest BCUT2D eigenvalue weighted by molar-refractivity contribution is -0.132. The Morgan fingerprint density at radius 3 is 2.57 bits per heavy atom. The predicted molar refractivity (Wildman–Crippen MR) is 78.4 cm³/mol. The summed E-state index contributed by atoms with van der Waals surface area (Å²) in [6.07, 6.45) is 1.40. The average Bonchev–Trinajstić information content (AvgIpc) is 3.01. The summed E-state index contributed by atoms with van der Waals surface area (Å²) in [4.78, 5) is 27.8.